The maximum absolute atomic E-state index is 12.6. The minimum atomic E-state index is -4.29. The molecule has 2 atom stereocenters. The number of carbonyl (C=O) groups excluding carboxylic acids is 1. The molecule has 0 rings (SSSR count). The minimum Gasteiger partial charge on any atom is -0.498 e. The van der Waals surface area contributed by atoms with Crippen LogP contribution in [0.2, 0.25) is 0 Å². The molecule has 3 N–H and O–H groups in total. The van der Waals surface area contributed by atoms with Gasteiger partial charge in [-0.05, 0) is 51.0 Å². The normalized spacial score (nSPS) is 13.6. The van der Waals surface area contributed by atoms with Gasteiger partial charge in [0.05, 0.1) is 19.5 Å². The van der Waals surface area contributed by atoms with Crippen molar-refractivity contribution in [3.05, 3.63) is 24.5 Å². The third-order valence-corrected chi connectivity index (χ3v) is 10.4. The van der Waals surface area contributed by atoms with Gasteiger partial charge < -0.3 is 20.1 Å². The number of phosphoric acid groups is 1. The van der Waals surface area contributed by atoms with Gasteiger partial charge in [0.2, 0.25) is 0 Å². The molecule has 0 bridgehead atoms. The third-order valence-electron chi connectivity index (χ3n) is 9.44. The molecule has 0 aromatic rings. The van der Waals surface area contributed by atoms with Crippen LogP contribution in [0, 0.1) is 0 Å². The molecule has 308 valence electrons. The van der Waals surface area contributed by atoms with Crippen molar-refractivity contribution in [3.63, 3.8) is 0 Å². The topological polar surface area (TPSA) is 117 Å². The summed E-state index contributed by atoms with van der Waals surface area (Å²) in [5.74, 6) is -0.355. The molecule has 1 unspecified atom stereocenters. The van der Waals surface area contributed by atoms with E-state index in [1.165, 1.54) is 161 Å². The van der Waals surface area contributed by atoms with E-state index in [1.807, 2.05) is 6.08 Å². The molecule has 8 nitrogen and oxygen atoms in total. The van der Waals surface area contributed by atoms with Gasteiger partial charge >= 0.3 is 13.8 Å². The zero-order valence-electron chi connectivity index (χ0n) is 34.1. The number of phosphoric ester groups is 1. The average molecular weight is 758 g/mol. The monoisotopic (exact) mass is 758 g/mol. The first-order valence-corrected chi connectivity index (χ1v) is 23.4. The van der Waals surface area contributed by atoms with Crippen molar-refractivity contribution in [2.45, 2.75) is 219 Å². The molecule has 0 radical (unpaired) electrons. The van der Waals surface area contributed by atoms with Gasteiger partial charge in [0.15, 0.2) is 6.10 Å². The minimum absolute atomic E-state index is 0.0338. The summed E-state index contributed by atoms with van der Waals surface area (Å²) in [5.41, 5.74) is 5.36. The Kier molecular flexibility index (Phi) is 40.1. The Balaban J connectivity index is 4.06. The number of hydrogen-bond acceptors (Lipinski definition) is 7. The van der Waals surface area contributed by atoms with E-state index in [2.05, 4.69) is 26.0 Å². The maximum Gasteiger partial charge on any atom is 0.472 e. The molecule has 0 fully saturated rings. The lowest BCUT2D eigenvalue weighted by molar-refractivity contribution is -0.153. The van der Waals surface area contributed by atoms with Crippen molar-refractivity contribution < 1.29 is 32.8 Å². The van der Waals surface area contributed by atoms with Crippen molar-refractivity contribution in [2.75, 3.05) is 26.4 Å². The molecule has 0 aliphatic heterocycles. The predicted molar refractivity (Wildman–Crippen MR) is 219 cm³/mol. The summed E-state index contributed by atoms with van der Waals surface area (Å²) in [6, 6.07) is 0. The second-order valence-electron chi connectivity index (χ2n) is 14.6. The number of carbonyl (C=O) groups is 1. The molecule has 0 aliphatic carbocycles. The molecule has 0 amide bonds. The summed E-state index contributed by atoms with van der Waals surface area (Å²) < 4.78 is 33.2. The van der Waals surface area contributed by atoms with Crippen LogP contribution in [-0.2, 0) is 27.9 Å². The SMILES string of the molecule is CCCCCCCC/C=C/CCCCCCCCCC(=O)O[C@H](CO/C=C/CCCCCCCCCCCCCCCC)COP(=O)(O)OCCN. The number of hydrogen-bond donors (Lipinski definition) is 2. The van der Waals surface area contributed by atoms with Gasteiger partial charge in [-0.15, -0.1) is 0 Å². The summed E-state index contributed by atoms with van der Waals surface area (Å²) in [4.78, 5) is 22.4. The van der Waals surface area contributed by atoms with Crippen LogP contribution in [0.25, 0.3) is 0 Å². The van der Waals surface area contributed by atoms with Crippen molar-refractivity contribution in [2.24, 2.45) is 5.73 Å². The van der Waals surface area contributed by atoms with Gasteiger partial charge in [-0.25, -0.2) is 4.57 Å². The molecule has 9 heteroatoms. The van der Waals surface area contributed by atoms with Crippen LogP contribution in [0.5, 0.6) is 0 Å². The first-order chi connectivity index (χ1) is 25.4. The van der Waals surface area contributed by atoms with Crippen LogP contribution < -0.4 is 5.73 Å². The number of ether oxygens (including phenoxy) is 2. The Morgan fingerprint density at radius 2 is 0.981 bits per heavy atom. The van der Waals surface area contributed by atoms with Crippen molar-refractivity contribution in [3.8, 4) is 0 Å². The summed E-state index contributed by atoms with van der Waals surface area (Å²) >= 11 is 0. The quantitative estimate of drug-likeness (QED) is 0.0208. The van der Waals surface area contributed by atoms with E-state index in [-0.39, 0.29) is 32.3 Å². The van der Waals surface area contributed by atoms with Gasteiger partial charge in [-0.1, -0.05) is 174 Å². The average Bonchev–Trinajstić information content (AvgIpc) is 3.13. The van der Waals surface area contributed by atoms with E-state index in [0.717, 1.165) is 32.1 Å². The molecule has 0 aliphatic rings. The Labute approximate surface area is 321 Å². The van der Waals surface area contributed by atoms with E-state index in [1.54, 1.807) is 6.26 Å². The van der Waals surface area contributed by atoms with Crippen LogP contribution in [0.1, 0.15) is 213 Å². The summed E-state index contributed by atoms with van der Waals surface area (Å²) in [5, 5.41) is 0. The zero-order valence-corrected chi connectivity index (χ0v) is 35.0. The molecule has 52 heavy (non-hydrogen) atoms. The smallest absolute Gasteiger partial charge is 0.472 e. The predicted octanol–water partition coefficient (Wildman–Crippen LogP) is 13.2. The summed E-state index contributed by atoms with van der Waals surface area (Å²) in [7, 11) is -4.29. The Morgan fingerprint density at radius 3 is 1.42 bits per heavy atom. The molecular weight excluding hydrogens is 673 g/mol. The van der Waals surface area contributed by atoms with Crippen LogP contribution in [0.15, 0.2) is 24.5 Å². The maximum atomic E-state index is 12.6. The van der Waals surface area contributed by atoms with Crippen LogP contribution in [0.4, 0.5) is 0 Å². The van der Waals surface area contributed by atoms with E-state index in [4.69, 9.17) is 24.3 Å². The number of nitrogens with two attached hydrogens (primary N) is 1. The highest BCUT2D eigenvalue weighted by atomic mass is 31.2. The van der Waals surface area contributed by atoms with Crippen molar-refractivity contribution in [1.29, 1.82) is 0 Å². The highest BCUT2D eigenvalue weighted by molar-refractivity contribution is 7.47. The second kappa shape index (κ2) is 41.0. The van der Waals surface area contributed by atoms with Gasteiger partial charge in [0.25, 0.3) is 0 Å². The van der Waals surface area contributed by atoms with E-state index >= 15 is 0 Å². The van der Waals surface area contributed by atoms with Gasteiger partial charge in [0.1, 0.15) is 6.61 Å². The van der Waals surface area contributed by atoms with Gasteiger partial charge in [0, 0.05) is 13.0 Å². The fourth-order valence-electron chi connectivity index (χ4n) is 6.19. The van der Waals surface area contributed by atoms with Gasteiger partial charge in [-0.3, -0.25) is 13.8 Å². The third kappa shape index (κ3) is 40.0. The summed E-state index contributed by atoms with van der Waals surface area (Å²) in [6.07, 6.45) is 45.7. The van der Waals surface area contributed by atoms with E-state index in [9.17, 15) is 14.3 Å². The fourth-order valence-corrected chi connectivity index (χ4v) is 6.96. The lowest BCUT2D eigenvalue weighted by Gasteiger charge is -2.19. The standard InChI is InChI=1S/C43H84NO7P/c1-3-5-7-9-11-13-15-17-19-21-22-24-26-28-30-32-34-36-43(45)51-42(41-50-52(46,47)49-39-37-44)40-48-38-35-33-31-29-27-25-23-20-18-16-14-12-10-8-6-4-2/h17,19,35,38,42H,3-16,18,20-34,36-37,39-41,44H2,1-2H3,(H,46,47)/b19-17+,38-35+/t42-/m1/s1. The Bertz CT molecular complexity index is 853. The van der Waals surface area contributed by atoms with E-state index in [0.29, 0.717) is 6.42 Å². The molecular formula is C43H84NO7P. The molecule has 0 spiro atoms. The largest absolute Gasteiger partial charge is 0.498 e. The number of rotatable bonds is 42. The molecule has 0 aromatic carbocycles. The highest BCUT2D eigenvalue weighted by Gasteiger charge is 2.25. The number of esters is 1. The number of allylic oxidation sites excluding steroid dienone is 3. The molecule has 0 saturated heterocycles. The van der Waals surface area contributed by atoms with Crippen molar-refractivity contribution in [1.82, 2.24) is 0 Å². The summed E-state index contributed by atoms with van der Waals surface area (Å²) in [6.45, 7) is 4.26. The number of unbranched alkanes of at least 4 members (excludes halogenated alkanes) is 27. The Morgan fingerprint density at radius 1 is 0.577 bits per heavy atom. The van der Waals surface area contributed by atoms with E-state index < -0.39 is 13.9 Å². The van der Waals surface area contributed by atoms with Crippen LogP contribution in [0.3, 0.4) is 0 Å². The van der Waals surface area contributed by atoms with Gasteiger partial charge in [-0.2, -0.15) is 0 Å². The second-order valence-corrected chi connectivity index (χ2v) is 16.1. The molecule has 0 saturated carbocycles. The lowest BCUT2D eigenvalue weighted by Crippen LogP contribution is -2.27. The van der Waals surface area contributed by atoms with Crippen LogP contribution in [-0.4, -0.2) is 43.3 Å². The van der Waals surface area contributed by atoms with Crippen molar-refractivity contribution >= 4 is 13.8 Å². The molecule has 0 aromatic heterocycles. The fraction of sp³-hybridized carbons (Fsp3) is 0.884. The first-order valence-electron chi connectivity index (χ1n) is 21.9. The zero-order chi connectivity index (χ0) is 38.1. The highest BCUT2D eigenvalue weighted by Crippen LogP contribution is 2.43. The lowest BCUT2D eigenvalue weighted by atomic mass is 10.0. The van der Waals surface area contributed by atoms with Crippen LogP contribution >= 0.6 is 7.82 Å². The molecule has 0 heterocycles. The first kappa shape index (κ1) is 50.8. The Hall–Kier alpha value is -1.18.